The zero-order valence-electron chi connectivity index (χ0n) is 103. The first-order valence-corrected chi connectivity index (χ1v) is 50.2. The van der Waals surface area contributed by atoms with Crippen molar-refractivity contribution in [2.24, 2.45) is 0 Å². The SMILES string of the molecule is CI.[2H]c1c([2H])c([2H])c(N(c2cc(N(c3ccc(C(C)(C)CC)cc3)c3ccc(C(C)(C)CC)cc3)c(Cl)c(N(c3ccc(C(C)(C)CC)cc3)c3ccc(C(C)(C)CC)cc3)c2)c2c([2H])c([2H])c([2H])c([2H])c2[2H])c([2H])c1[2H].[2H]c1c([2H])c([2H])c(N(c2cc3c4c(c2)N(c2ccc(C(C)(C)CC)cc2)c2ccc(C(C)(C)CC)cc2B4c2cc(C(C)(C)CC)ccc2N3c2ccc(C(C)(C)CC)cc2)c2c([2H])c([2H])c([2H])c([2H])c2[2H])c([2H])c1[2H]. The van der Waals surface area contributed by atoms with Crippen molar-refractivity contribution in [1.82, 2.24) is 0 Å². The standard InChI is InChI=1S/C62H70BN3.C62H72ClN3.CH3I/c1-13-59(5,6)43-27-33-49(34-28-43)65-54-37-31-45(61(9,10)15-3)39-52(54)63-53-40-46(62(11,12)16-4)32-38-55(53)66(50-35-29-44(30-36-50)60(7,8)14-2)57-42-51(41-56(65)58(57)63)64(47-23-19-17-20-24-47)48-25-21-18-22-26-48;1-13-59(5,6)45-27-35-51(36-28-45)65(52-37-29-46(30-38-52)60(7,8)14-2)56-43-55(64(49-23-19-17-20-24-49)50-25-21-18-22-26-50)44-57(58(56)63)66(53-39-31-47(32-40-53)61(9,10)15-3)54-41-33-48(34-42-54)62(11,12)16-4;1-2/h17-42H,13-16H2,1-12H3;17-44H,13-16H2,1-12H3;1H3/i2*17D,18D,19D,20D,21D,22D,23D,24D,25D,26D;. The molecule has 0 radical (unpaired) electrons. The molecule has 0 spiro atoms. The number of hydrogen-bond acceptors (Lipinski definition) is 6. The quantitative estimate of drug-likeness (QED) is 0.0252. The maximum atomic E-state index is 9.48. The van der Waals surface area contributed by atoms with Crippen LogP contribution in [0, 0.1) is 0 Å². The number of fused-ring (bicyclic) bond motifs is 4. The number of nitrogens with zero attached hydrogens (tertiary/aromatic N) is 6. The van der Waals surface area contributed by atoms with Crippen molar-refractivity contribution in [3.05, 3.63) is 377 Å². The van der Waals surface area contributed by atoms with E-state index in [2.05, 4.69) is 332 Å². The molecule has 0 N–H and O–H groups in total. The summed E-state index contributed by atoms with van der Waals surface area (Å²) in [5.74, 6) is 0. The second kappa shape index (κ2) is 40.5. The molecule has 2 aliphatic rings. The highest BCUT2D eigenvalue weighted by Crippen LogP contribution is 2.55. The summed E-state index contributed by atoms with van der Waals surface area (Å²) in [6.45, 7) is 52.8. The van der Waals surface area contributed by atoms with Crippen LogP contribution in [-0.2, 0) is 43.3 Å². The Kier molecular flexibility index (Phi) is 22.7. The Balaban J connectivity index is 0.000000238. The second-order valence-electron chi connectivity index (χ2n) is 40.8. The van der Waals surface area contributed by atoms with Gasteiger partial charge in [0.25, 0.3) is 6.71 Å². The average Bonchev–Trinajstić information content (AvgIpc) is 0.686. The fourth-order valence-electron chi connectivity index (χ4n) is 17.6. The highest BCUT2D eigenvalue weighted by Gasteiger charge is 2.46. The molecule has 134 heavy (non-hydrogen) atoms. The third kappa shape index (κ3) is 20.0. The number of benzene rings is 14. The minimum absolute atomic E-state index is 0.0985. The van der Waals surface area contributed by atoms with Crippen molar-refractivity contribution in [2.75, 3.05) is 34.3 Å². The van der Waals surface area contributed by atoms with Gasteiger partial charge in [-0.1, -0.05) is 370 Å². The minimum Gasteiger partial charge on any atom is -0.311 e. The van der Waals surface area contributed by atoms with E-state index >= 15 is 0 Å². The van der Waals surface area contributed by atoms with Gasteiger partial charge in [-0.2, -0.15) is 0 Å². The summed E-state index contributed by atoms with van der Waals surface area (Å²) in [7, 11) is 0. The van der Waals surface area contributed by atoms with Crippen LogP contribution in [0.25, 0.3) is 0 Å². The summed E-state index contributed by atoms with van der Waals surface area (Å²) in [4.78, 5) is 13.0. The number of para-hydroxylation sites is 4. The lowest BCUT2D eigenvalue weighted by atomic mass is 9.33. The van der Waals surface area contributed by atoms with Crippen LogP contribution in [0.3, 0.4) is 0 Å². The lowest BCUT2D eigenvalue weighted by Crippen LogP contribution is -2.61. The lowest BCUT2D eigenvalue weighted by Gasteiger charge is -2.46. The number of halogens is 2. The zero-order valence-corrected chi connectivity index (χ0v) is 86.2. The van der Waals surface area contributed by atoms with E-state index in [0.717, 1.165) is 147 Å². The van der Waals surface area contributed by atoms with Gasteiger partial charge in [0.05, 0.1) is 55.2 Å². The molecular formula is C125H145BClIN6. The first-order valence-electron chi connectivity index (χ1n) is 57.7. The third-order valence-corrected chi connectivity index (χ3v) is 30.4. The second-order valence-corrected chi connectivity index (χ2v) is 41.1. The van der Waals surface area contributed by atoms with E-state index in [-0.39, 0.29) is 77.8 Å². The molecule has 0 bridgehead atoms. The van der Waals surface area contributed by atoms with Gasteiger partial charge in [-0.25, -0.2) is 0 Å². The van der Waals surface area contributed by atoms with Crippen LogP contribution in [0.15, 0.2) is 327 Å². The van der Waals surface area contributed by atoms with E-state index in [1.807, 2.05) is 75.4 Å². The van der Waals surface area contributed by atoms with Crippen LogP contribution >= 0.6 is 34.2 Å². The Labute approximate surface area is 853 Å². The normalized spacial score (nSPS) is 14.9. The molecule has 0 aliphatic carbocycles. The molecule has 16 rings (SSSR count). The van der Waals surface area contributed by atoms with Gasteiger partial charge in [-0.15, -0.1) is 0 Å². The molecule has 0 saturated heterocycles. The van der Waals surface area contributed by atoms with Crippen LogP contribution in [0.4, 0.5) is 102 Å². The Hall–Kier alpha value is -11.0. The van der Waals surface area contributed by atoms with Gasteiger partial charge in [-0.05, 0) is 318 Å². The van der Waals surface area contributed by atoms with Gasteiger partial charge < -0.3 is 29.4 Å². The van der Waals surface area contributed by atoms with Crippen LogP contribution in [0.1, 0.15) is 289 Å². The number of rotatable bonds is 30. The predicted molar refractivity (Wildman–Crippen MR) is 597 cm³/mol. The zero-order chi connectivity index (χ0) is 114. The Morgan fingerprint density at radius 2 is 0.455 bits per heavy atom. The summed E-state index contributed by atoms with van der Waals surface area (Å²) in [6, 6.07) is 58.8. The molecule has 2 heterocycles. The largest absolute Gasteiger partial charge is 0.311 e. The van der Waals surface area contributed by atoms with E-state index in [9.17, 15) is 11.0 Å². The fourth-order valence-corrected chi connectivity index (χ4v) is 17.8. The van der Waals surface area contributed by atoms with Gasteiger partial charge in [0.2, 0.25) is 0 Å². The number of hydrogen-bond donors (Lipinski definition) is 0. The Morgan fingerprint density at radius 1 is 0.246 bits per heavy atom. The third-order valence-electron chi connectivity index (χ3n) is 30.0. The molecule has 0 amide bonds. The van der Waals surface area contributed by atoms with Gasteiger partial charge in [0.15, 0.2) is 0 Å². The van der Waals surface area contributed by atoms with Gasteiger partial charge >= 0.3 is 0 Å². The summed E-state index contributed by atoms with van der Waals surface area (Å²) >= 11 is 10.3. The molecule has 0 aromatic heterocycles. The summed E-state index contributed by atoms with van der Waals surface area (Å²) in [5, 5.41) is 0.262. The molecule has 0 saturated carbocycles. The summed E-state index contributed by atoms with van der Waals surface area (Å²) in [6.07, 6.45) is 7.28. The van der Waals surface area contributed by atoms with Crippen molar-refractivity contribution in [3.8, 4) is 0 Å². The molecule has 9 heteroatoms. The molecule has 692 valence electrons. The molecular weight excluding hydrogens is 1760 g/mol. The molecule has 14 aromatic rings. The molecule has 14 aromatic carbocycles. The van der Waals surface area contributed by atoms with E-state index in [0.29, 0.717) is 11.4 Å². The van der Waals surface area contributed by atoms with Crippen molar-refractivity contribution < 1.29 is 27.4 Å². The monoisotopic (exact) mass is 1920 g/mol. The Morgan fingerprint density at radius 3 is 0.687 bits per heavy atom. The first-order chi connectivity index (χ1) is 72.2. The highest BCUT2D eigenvalue weighted by molar-refractivity contribution is 14.1. The van der Waals surface area contributed by atoms with E-state index in [1.54, 1.807) is 12.1 Å². The summed E-state index contributed by atoms with van der Waals surface area (Å²) in [5.41, 5.74) is 18.8. The fraction of sp³-hybridized carbons (Fsp3) is 0.328. The molecule has 2 aliphatic heterocycles. The minimum atomic E-state index is -0.665. The number of anilines is 18. The predicted octanol–water partition coefficient (Wildman–Crippen LogP) is 36.5. The molecule has 0 unspecified atom stereocenters. The van der Waals surface area contributed by atoms with Crippen LogP contribution < -0.4 is 45.8 Å². The van der Waals surface area contributed by atoms with E-state index in [1.165, 1.54) is 32.1 Å². The molecule has 0 atom stereocenters. The van der Waals surface area contributed by atoms with Crippen LogP contribution in [0.5, 0.6) is 0 Å². The van der Waals surface area contributed by atoms with Crippen molar-refractivity contribution in [1.29, 1.82) is 0 Å². The van der Waals surface area contributed by atoms with E-state index in [4.69, 9.17) is 28.1 Å². The lowest BCUT2D eigenvalue weighted by molar-refractivity contribution is 0.506. The highest BCUT2D eigenvalue weighted by atomic mass is 127. The van der Waals surface area contributed by atoms with Crippen LogP contribution in [-0.4, -0.2) is 11.6 Å². The van der Waals surface area contributed by atoms with Crippen LogP contribution in [0.2, 0.25) is 5.02 Å². The smallest absolute Gasteiger partial charge is 0.252 e. The average molecular weight is 1920 g/mol. The number of alkyl halides is 1. The van der Waals surface area contributed by atoms with Gasteiger partial charge in [0, 0.05) is 79.6 Å². The van der Waals surface area contributed by atoms with Crippen molar-refractivity contribution in [2.45, 2.75) is 261 Å². The van der Waals surface area contributed by atoms with Gasteiger partial charge in [-0.3, -0.25) is 0 Å². The summed E-state index contributed by atoms with van der Waals surface area (Å²) < 4.78 is 182. The maximum absolute atomic E-state index is 9.48. The molecule has 0 fully saturated rings. The van der Waals surface area contributed by atoms with E-state index < -0.39 is 132 Å². The van der Waals surface area contributed by atoms with Crippen molar-refractivity contribution >= 4 is 160 Å². The Bertz CT molecular complexity index is 6820. The molecule has 6 nitrogen and oxygen atoms in total. The first kappa shape index (κ1) is 75.2. The topological polar surface area (TPSA) is 19.4 Å². The van der Waals surface area contributed by atoms with Crippen molar-refractivity contribution in [3.63, 3.8) is 0 Å². The van der Waals surface area contributed by atoms with Gasteiger partial charge in [0.1, 0.15) is 0 Å². The maximum Gasteiger partial charge on any atom is 0.252 e.